The molecule has 3 rings (SSSR count). The largest absolute Gasteiger partial charge is 0.340 e. The first-order valence-corrected chi connectivity index (χ1v) is 10.0. The average Bonchev–Trinajstić information content (AvgIpc) is 3.09. The van der Waals surface area contributed by atoms with Gasteiger partial charge >= 0.3 is 0 Å². The van der Waals surface area contributed by atoms with E-state index < -0.39 is 21.6 Å². The monoisotopic (exact) mass is 354 g/mol. The van der Waals surface area contributed by atoms with E-state index in [1.165, 1.54) is 4.90 Å². The van der Waals surface area contributed by atoms with E-state index in [9.17, 15) is 13.2 Å². The summed E-state index contributed by atoms with van der Waals surface area (Å²) in [5.74, 6) is -0.707. The van der Waals surface area contributed by atoms with Crippen LogP contribution in [0, 0.1) is 0 Å². The van der Waals surface area contributed by atoms with Crippen molar-refractivity contribution in [3.63, 3.8) is 0 Å². The molecule has 24 heavy (non-hydrogen) atoms. The number of nitrogens with zero attached hydrogens (tertiary/aromatic N) is 2. The van der Waals surface area contributed by atoms with Gasteiger partial charge in [0, 0.05) is 19.6 Å². The van der Waals surface area contributed by atoms with Gasteiger partial charge in [-0.05, 0) is 31.2 Å². The van der Waals surface area contributed by atoms with Crippen LogP contribution in [0.25, 0.3) is 0 Å². The lowest BCUT2D eigenvalue weighted by Gasteiger charge is -2.37. The van der Waals surface area contributed by atoms with Crippen LogP contribution >= 0.6 is 0 Å². The molecule has 2 aliphatic rings. The van der Waals surface area contributed by atoms with Crippen molar-refractivity contribution in [2.45, 2.75) is 37.1 Å². The Bertz CT molecular complexity index is 689. The van der Waals surface area contributed by atoms with Crippen molar-refractivity contribution in [2.75, 3.05) is 26.2 Å². The lowest BCUT2D eigenvalue weighted by Crippen LogP contribution is -2.56. The van der Waals surface area contributed by atoms with Crippen molar-refractivity contribution < 1.29 is 17.6 Å². The van der Waals surface area contributed by atoms with E-state index in [0.29, 0.717) is 25.1 Å². The zero-order valence-corrected chi connectivity index (χ0v) is 14.5. The van der Waals surface area contributed by atoms with Crippen molar-refractivity contribution in [1.82, 2.24) is 9.21 Å². The Morgan fingerprint density at radius 3 is 2.42 bits per heavy atom. The number of sulfonamides is 1. The third-order valence-electron chi connectivity index (χ3n) is 4.77. The number of carbonyl (C=O) groups excluding carboxylic acids is 1. The Labute approximate surface area is 142 Å². The second-order valence-electron chi connectivity index (χ2n) is 6.64. The summed E-state index contributed by atoms with van der Waals surface area (Å²) in [5.41, 5.74) is -1.43. The quantitative estimate of drug-likeness (QED) is 0.830. The van der Waals surface area contributed by atoms with Gasteiger partial charge in [-0.1, -0.05) is 30.3 Å². The van der Waals surface area contributed by atoms with Crippen molar-refractivity contribution in [3.05, 3.63) is 35.9 Å². The number of carbonyl (C=O) groups is 1. The lowest BCUT2D eigenvalue weighted by atomic mass is 9.94. The van der Waals surface area contributed by atoms with E-state index in [1.54, 1.807) is 24.3 Å². The number of alkyl halides is 1. The van der Waals surface area contributed by atoms with Crippen molar-refractivity contribution in [3.8, 4) is 0 Å². The molecule has 2 heterocycles. The summed E-state index contributed by atoms with van der Waals surface area (Å²) in [6.07, 6.45) is 2.24. The number of benzene rings is 1. The first-order chi connectivity index (χ1) is 11.4. The molecule has 1 atom stereocenters. The number of rotatable bonds is 4. The van der Waals surface area contributed by atoms with Gasteiger partial charge in [0.25, 0.3) is 5.91 Å². The number of likely N-dealkylation sites (tertiary alicyclic amines) is 1. The summed E-state index contributed by atoms with van der Waals surface area (Å²) in [5, 5.41) is 0. The molecule has 1 aromatic rings. The number of piperidine rings is 1. The van der Waals surface area contributed by atoms with Gasteiger partial charge in [0.2, 0.25) is 15.7 Å². The molecule has 5 nitrogen and oxygen atoms in total. The Kier molecular flexibility index (Phi) is 4.92. The van der Waals surface area contributed by atoms with E-state index in [4.69, 9.17) is 0 Å². The molecule has 1 unspecified atom stereocenters. The molecule has 2 aliphatic heterocycles. The SMILES string of the molecule is O=C(N1CCCC1)C1(F)CCCN(S(=O)(=O)Cc2ccccc2)C1. The maximum absolute atomic E-state index is 15.2. The molecule has 0 radical (unpaired) electrons. The van der Waals surface area contributed by atoms with Crippen LogP contribution in [0.3, 0.4) is 0 Å². The molecule has 0 aliphatic carbocycles. The number of hydrogen-bond acceptors (Lipinski definition) is 3. The van der Waals surface area contributed by atoms with Crippen LogP contribution in [0.4, 0.5) is 4.39 Å². The highest BCUT2D eigenvalue weighted by atomic mass is 32.2. The number of halogens is 1. The molecule has 7 heteroatoms. The fraction of sp³-hybridized carbons (Fsp3) is 0.588. The second kappa shape index (κ2) is 6.80. The van der Waals surface area contributed by atoms with Crippen molar-refractivity contribution in [2.24, 2.45) is 0 Å². The van der Waals surface area contributed by atoms with Crippen LogP contribution in [0.15, 0.2) is 30.3 Å². The predicted molar refractivity (Wildman–Crippen MR) is 89.5 cm³/mol. The highest BCUT2D eigenvalue weighted by Gasteiger charge is 2.47. The molecule has 0 N–H and O–H groups in total. The zero-order valence-electron chi connectivity index (χ0n) is 13.7. The molecule has 0 spiro atoms. The van der Waals surface area contributed by atoms with Crippen LogP contribution < -0.4 is 0 Å². The topological polar surface area (TPSA) is 57.7 Å². The minimum absolute atomic E-state index is 0.0969. The lowest BCUT2D eigenvalue weighted by molar-refractivity contribution is -0.145. The Morgan fingerprint density at radius 2 is 1.75 bits per heavy atom. The highest BCUT2D eigenvalue weighted by Crippen LogP contribution is 2.31. The number of hydrogen-bond donors (Lipinski definition) is 0. The summed E-state index contributed by atoms with van der Waals surface area (Å²) in [4.78, 5) is 14.0. The van der Waals surface area contributed by atoms with Gasteiger partial charge in [0.05, 0.1) is 12.3 Å². The summed E-state index contributed by atoms with van der Waals surface area (Å²) in [6.45, 7) is 1.05. The zero-order chi connectivity index (χ0) is 17.2. The summed E-state index contributed by atoms with van der Waals surface area (Å²) in [7, 11) is -3.64. The highest BCUT2D eigenvalue weighted by molar-refractivity contribution is 7.88. The van der Waals surface area contributed by atoms with Crippen molar-refractivity contribution in [1.29, 1.82) is 0 Å². The fourth-order valence-corrected chi connectivity index (χ4v) is 5.07. The van der Waals surface area contributed by atoms with Gasteiger partial charge in [0.1, 0.15) is 0 Å². The molecule has 2 saturated heterocycles. The molecule has 2 fully saturated rings. The smallest absolute Gasteiger partial charge is 0.261 e. The molecule has 0 aromatic heterocycles. The Balaban J connectivity index is 1.73. The first-order valence-electron chi connectivity index (χ1n) is 8.41. The molecular weight excluding hydrogens is 331 g/mol. The van der Waals surface area contributed by atoms with Gasteiger partial charge in [-0.2, -0.15) is 4.31 Å². The van der Waals surface area contributed by atoms with Crippen molar-refractivity contribution >= 4 is 15.9 Å². The van der Waals surface area contributed by atoms with E-state index in [-0.39, 0.29) is 25.3 Å². The van der Waals surface area contributed by atoms with Gasteiger partial charge in [-0.3, -0.25) is 4.79 Å². The summed E-state index contributed by atoms with van der Waals surface area (Å²) in [6, 6.07) is 8.84. The molecule has 0 bridgehead atoms. The Morgan fingerprint density at radius 1 is 1.08 bits per heavy atom. The summed E-state index contributed by atoms with van der Waals surface area (Å²) >= 11 is 0. The fourth-order valence-electron chi connectivity index (χ4n) is 3.46. The molecule has 0 saturated carbocycles. The van der Waals surface area contributed by atoms with E-state index in [1.807, 2.05) is 6.07 Å². The van der Waals surface area contributed by atoms with Crippen LogP contribution in [-0.2, 0) is 20.6 Å². The minimum Gasteiger partial charge on any atom is -0.340 e. The summed E-state index contributed by atoms with van der Waals surface area (Å²) < 4.78 is 41.6. The van der Waals surface area contributed by atoms with Gasteiger partial charge in [-0.15, -0.1) is 0 Å². The third kappa shape index (κ3) is 3.62. The van der Waals surface area contributed by atoms with Crippen LogP contribution in [0.5, 0.6) is 0 Å². The van der Waals surface area contributed by atoms with Gasteiger partial charge < -0.3 is 4.90 Å². The molecule has 1 amide bonds. The van der Waals surface area contributed by atoms with E-state index in [2.05, 4.69) is 0 Å². The van der Waals surface area contributed by atoms with Crippen LogP contribution in [0.2, 0.25) is 0 Å². The third-order valence-corrected chi connectivity index (χ3v) is 6.57. The normalized spacial score (nSPS) is 25.8. The standard InChI is InChI=1S/C17H23FN2O3S/c18-17(16(21)19-10-4-5-11-19)9-6-12-20(14-17)24(22,23)13-15-7-2-1-3-8-15/h1-3,7-8H,4-6,9-14H2. The Hall–Kier alpha value is -1.47. The maximum Gasteiger partial charge on any atom is 0.261 e. The second-order valence-corrected chi connectivity index (χ2v) is 8.61. The average molecular weight is 354 g/mol. The van der Waals surface area contributed by atoms with Gasteiger partial charge in [-0.25, -0.2) is 12.8 Å². The van der Waals surface area contributed by atoms with Crippen LogP contribution in [0.1, 0.15) is 31.2 Å². The van der Waals surface area contributed by atoms with E-state index >= 15 is 4.39 Å². The molecular formula is C17H23FN2O3S. The first kappa shape index (κ1) is 17.4. The maximum atomic E-state index is 15.2. The minimum atomic E-state index is -3.64. The van der Waals surface area contributed by atoms with E-state index in [0.717, 1.165) is 17.1 Å². The molecule has 132 valence electrons. The number of amides is 1. The predicted octanol–water partition coefficient (Wildman–Crippen LogP) is 1.94. The van der Waals surface area contributed by atoms with Gasteiger partial charge in [0.15, 0.2) is 0 Å². The molecule has 1 aromatic carbocycles. The van der Waals surface area contributed by atoms with Crippen LogP contribution in [-0.4, -0.2) is 55.4 Å².